The van der Waals surface area contributed by atoms with E-state index < -0.39 is 0 Å². The Hall–Kier alpha value is -1.26. The van der Waals surface area contributed by atoms with E-state index in [0.717, 1.165) is 31.6 Å². The SMILES string of the molecule is CNC(=O)C1(C)CCN(Cc2ccc(N)cc2Cl)C1. The van der Waals surface area contributed by atoms with Gasteiger partial charge in [0.25, 0.3) is 0 Å². The Kier molecular flexibility index (Phi) is 4.02. The zero-order valence-electron chi connectivity index (χ0n) is 11.4. The van der Waals surface area contributed by atoms with Crippen LogP contribution in [0.2, 0.25) is 5.02 Å². The number of benzene rings is 1. The highest BCUT2D eigenvalue weighted by atomic mass is 35.5. The minimum absolute atomic E-state index is 0.110. The molecule has 1 aromatic carbocycles. The Morgan fingerprint density at radius 3 is 2.95 bits per heavy atom. The van der Waals surface area contributed by atoms with E-state index in [1.165, 1.54) is 0 Å². The largest absolute Gasteiger partial charge is 0.399 e. The van der Waals surface area contributed by atoms with E-state index in [0.29, 0.717) is 10.7 Å². The lowest BCUT2D eigenvalue weighted by Gasteiger charge is -2.23. The minimum Gasteiger partial charge on any atom is -0.399 e. The zero-order valence-corrected chi connectivity index (χ0v) is 12.1. The van der Waals surface area contributed by atoms with E-state index >= 15 is 0 Å². The maximum Gasteiger partial charge on any atom is 0.227 e. The molecule has 4 nitrogen and oxygen atoms in total. The molecule has 1 aromatic rings. The molecule has 1 fully saturated rings. The van der Waals surface area contributed by atoms with Gasteiger partial charge in [0.1, 0.15) is 0 Å². The molecule has 0 radical (unpaired) electrons. The zero-order chi connectivity index (χ0) is 14.0. The van der Waals surface area contributed by atoms with Crippen LogP contribution in [0.1, 0.15) is 18.9 Å². The Labute approximate surface area is 118 Å². The van der Waals surface area contributed by atoms with Gasteiger partial charge in [-0.2, -0.15) is 0 Å². The fourth-order valence-corrected chi connectivity index (χ4v) is 2.86. The number of likely N-dealkylation sites (tertiary alicyclic amines) is 1. The fraction of sp³-hybridized carbons (Fsp3) is 0.500. The molecule has 0 aromatic heterocycles. The van der Waals surface area contributed by atoms with Crippen molar-refractivity contribution in [3.05, 3.63) is 28.8 Å². The summed E-state index contributed by atoms with van der Waals surface area (Å²) in [4.78, 5) is 14.1. The summed E-state index contributed by atoms with van der Waals surface area (Å²) < 4.78 is 0. The number of hydrogen-bond donors (Lipinski definition) is 2. The van der Waals surface area contributed by atoms with Crippen LogP contribution in [-0.4, -0.2) is 30.9 Å². The van der Waals surface area contributed by atoms with Gasteiger partial charge in [0, 0.05) is 30.8 Å². The van der Waals surface area contributed by atoms with Crippen molar-refractivity contribution in [3.63, 3.8) is 0 Å². The van der Waals surface area contributed by atoms with Gasteiger partial charge in [-0.25, -0.2) is 0 Å². The molecule has 1 unspecified atom stereocenters. The third-order valence-electron chi connectivity index (χ3n) is 3.80. The number of anilines is 1. The minimum atomic E-state index is -0.297. The first-order chi connectivity index (χ1) is 8.94. The predicted molar refractivity (Wildman–Crippen MR) is 77.9 cm³/mol. The Balaban J connectivity index is 2.04. The summed E-state index contributed by atoms with van der Waals surface area (Å²) in [5, 5.41) is 3.43. The van der Waals surface area contributed by atoms with E-state index in [2.05, 4.69) is 10.2 Å². The molecule has 1 atom stereocenters. The number of nitrogen functional groups attached to an aromatic ring is 1. The highest BCUT2D eigenvalue weighted by Gasteiger charge is 2.39. The van der Waals surface area contributed by atoms with Crippen LogP contribution in [0.5, 0.6) is 0 Å². The van der Waals surface area contributed by atoms with Crippen molar-refractivity contribution in [1.29, 1.82) is 0 Å². The second kappa shape index (κ2) is 5.39. The van der Waals surface area contributed by atoms with E-state index in [-0.39, 0.29) is 11.3 Å². The van der Waals surface area contributed by atoms with Crippen LogP contribution in [0, 0.1) is 5.41 Å². The van der Waals surface area contributed by atoms with Crippen molar-refractivity contribution in [2.24, 2.45) is 5.41 Å². The van der Waals surface area contributed by atoms with Gasteiger partial charge in [0.2, 0.25) is 5.91 Å². The third kappa shape index (κ3) is 3.01. The first kappa shape index (κ1) is 14.2. The summed E-state index contributed by atoms with van der Waals surface area (Å²) in [6.45, 7) is 4.43. The quantitative estimate of drug-likeness (QED) is 0.832. The highest BCUT2D eigenvalue weighted by molar-refractivity contribution is 6.31. The van der Waals surface area contributed by atoms with Gasteiger partial charge >= 0.3 is 0 Å². The van der Waals surface area contributed by atoms with Crippen LogP contribution in [0.4, 0.5) is 5.69 Å². The third-order valence-corrected chi connectivity index (χ3v) is 4.15. The van der Waals surface area contributed by atoms with Crippen LogP contribution in [0.15, 0.2) is 18.2 Å². The van der Waals surface area contributed by atoms with Crippen LogP contribution < -0.4 is 11.1 Å². The summed E-state index contributed by atoms with van der Waals surface area (Å²) >= 11 is 6.18. The van der Waals surface area contributed by atoms with Gasteiger partial charge in [-0.05, 0) is 37.6 Å². The van der Waals surface area contributed by atoms with Gasteiger partial charge in [0.15, 0.2) is 0 Å². The second-order valence-electron chi connectivity index (χ2n) is 5.45. The van der Waals surface area contributed by atoms with Crippen LogP contribution in [0.25, 0.3) is 0 Å². The monoisotopic (exact) mass is 281 g/mol. The molecule has 1 heterocycles. The molecule has 19 heavy (non-hydrogen) atoms. The van der Waals surface area contributed by atoms with E-state index in [4.69, 9.17) is 17.3 Å². The first-order valence-electron chi connectivity index (χ1n) is 6.43. The van der Waals surface area contributed by atoms with Crippen molar-refractivity contribution in [1.82, 2.24) is 10.2 Å². The molecule has 0 spiro atoms. The van der Waals surface area contributed by atoms with Crippen LogP contribution >= 0.6 is 11.6 Å². The highest BCUT2D eigenvalue weighted by Crippen LogP contribution is 2.32. The number of carbonyl (C=O) groups excluding carboxylic acids is 1. The number of amides is 1. The van der Waals surface area contributed by atoms with Crippen molar-refractivity contribution in [2.45, 2.75) is 19.9 Å². The van der Waals surface area contributed by atoms with Gasteiger partial charge < -0.3 is 11.1 Å². The molecule has 5 heteroatoms. The number of nitrogens with two attached hydrogens (primary N) is 1. The molecule has 1 aliphatic rings. The fourth-order valence-electron chi connectivity index (χ4n) is 2.61. The normalized spacial score (nSPS) is 23.5. The van der Waals surface area contributed by atoms with Gasteiger partial charge in [-0.1, -0.05) is 17.7 Å². The van der Waals surface area contributed by atoms with Gasteiger partial charge in [0.05, 0.1) is 5.41 Å². The molecule has 0 saturated carbocycles. The molecule has 0 aliphatic carbocycles. The van der Waals surface area contributed by atoms with Crippen molar-refractivity contribution in [3.8, 4) is 0 Å². The number of nitrogens with zero attached hydrogens (tertiary/aromatic N) is 1. The van der Waals surface area contributed by atoms with Crippen molar-refractivity contribution < 1.29 is 4.79 Å². The van der Waals surface area contributed by atoms with E-state index in [9.17, 15) is 4.79 Å². The molecule has 1 amide bonds. The maximum atomic E-state index is 11.9. The summed E-state index contributed by atoms with van der Waals surface area (Å²) in [7, 11) is 1.69. The average Bonchev–Trinajstić information content (AvgIpc) is 2.75. The lowest BCUT2D eigenvalue weighted by Crippen LogP contribution is -2.39. The molecule has 104 valence electrons. The number of nitrogens with one attached hydrogen (secondary N) is 1. The summed E-state index contributed by atoms with van der Waals surface area (Å²) in [5.74, 6) is 0.110. The van der Waals surface area contributed by atoms with Crippen LogP contribution in [-0.2, 0) is 11.3 Å². The Morgan fingerprint density at radius 2 is 2.32 bits per heavy atom. The lowest BCUT2D eigenvalue weighted by atomic mass is 9.89. The molecule has 1 aliphatic heterocycles. The van der Waals surface area contributed by atoms with E-state index in [1.54, 1.807) is 13.1 Å². The number of carbonyl (C=O) groups is 1. The van der Waals surface area contributed by atoms with Crippen molar-refractivity contribution >= 4 is 23.2 Å². The molecule has 3 N–H and O–H groups in total. The average molecular weight is 282 g/mol. The molecule has 1 saturated heterocycles. The van der Waals surface area contributed by atoms with Crippen LogP contribution in [0.3, 0.4) is 0 Å². The maximum absolute atomic E-state index is 11.9. The summed E-state index contributed by atoms with van der Waals surface area (Å²) in [5.41, 5.74) is 7.11. The predicted octanol–water partition coefficient (Wildman–Crippen LogP) is 1.88. The number of halogens is 1. The summed E-state index contributed by atoms with van der Waals surface area (Å²) in [6, 6.07) is 5.58. The van der Waals surface area contributed by atoms with Crippen molar-refractivity contribution in [2.75, 3.05) is 25.9 Å². The second-order valence-corrected chi connectivity index (χ2v) is 5.86. The Bertz CT molecular complexity index is 492. The Morgan fingerprint density at radius 1 is 1.58 bits per heavy atom. The first-order valence-corrected chi connectivity index (χ1v) is 6.81. The molecular weight excluding hydrogens is 262 g/mol. The molecular formula is C14H20ClN3O. The smallest absolute Gasteiger partial charge is 0.227 e. The number of hydrogen-bond acceptors (Lipinski definition) is 3. The van der Waals surface area contributed by atoms with E-state index in [1.807, 2.05) is 19.1 Å². The topological polar surface area (TPSA) is 58.4 Å². The summed E-state index contributed by atoms with van der Waals surface area (Å²) in [6.07, 6.45) is 0.874. The van der Waals surface area contributed by atoms with Gasteiger partial charge in [-0.15, -0.1) is 0 Å². The van der Waals surface area contributed by atoms with Gasteiger partial charge in [-0.3, -0.25) is 9.69 Å². The standard InChI is InChI=1S/C14H20ClN3O/c1-14(13(19)17-2)5-6-18(9-14)8-10-3-4-11(16)7-12(10)15/h3-4,7H,5-6,8-9,16H2,1-2H3,(H,17,19). The molecule has 0 bridgehead atoms. The lowest BCUT2D eigenvalue weighted by molar-refractivity contribution is -0.129. The number of rotatable bonds is 3. The molecule has 2 rings (SSSR count).